The second kappa shape index (κ2) is 25.5. The van der Waals surface area contributed by atoms with E-state index in [0.29, 0.717) is 17.1 Å². The molecule has 75 heavy (non-hydrogen) atoms. The van der Waals surface area contributed by atoms with Gasteiger partial charge in [0.25, 0.3) is 19.6 Å². The van der Waals surface area contributed by atoms with E-state index < -0.39 is 81.1 Å². The van der Waals surface area contributed by atoms with E-state index in [9.17, 15) is 24.4 Å². The number of nitrogens with zero attached hydrogens (tertiary/aromatic N) is 4. The summed E-state index contributed by atoms with van der Waals surface area (Å²) in [7, 11) is -2.76. The summed E-state index contributed by atoms with van der Waals surface area (Å²) >= 11 is 0. The molecule has 2 fully saturated rings. The highest BCUT2D eigenvalue weighted by Gasteiger charge is 2.47. The van der Waals surface area contributed by atoms with Crippen molar-refractivity contribution in [1.29, 1.82) is 5.26 Å². The zero-order valence-corrected chi connectivity index (χ0v) is 45.6. The van der Waals surface area contributed by atoms with Gasteiger partial charge in [-0.3, -0.25) is 33.3 Å². The van der Waals surface area contributed by atoms with Gasteiger partial charge in [0.2, 0.25) is 0 Å². The maximum atomic E-state index is 15.4. The Labute approximate surface area is 437 Å². The number of aromatic amines is 2. The minimum Gasteiger partial charge on any atom is -0.497 e. The molecule has 0 amide bonds. The molecule has 2 aromatic heterocycles. The van der Waals surface area contributed by atoms with Crippen LogP contribution in [0.15, 0.2) is 110 Å². The average Bonchev–Trinajstić information content (AvgIpc) is 3.99. The third kappa shape index (κ3) is 13.4. The number of aryl methyl sites for hydroxylation is 2. The third-order valence-corrected chi connectivity index (χ3v) is 17.3. The summed E-state index contributed by atoms with van der Waals surface area (Å²) in [6, 6.07) is 26.8. The van der Waals surface area contributed by atoms with E-state index >= 15 is 4.57 Å². The highest BCUT2D eigenvalue weighted by molar-refractivity contribution is 7.53. The highest BCUT2D eigenvalue weighted by atomic mass is 31.2. The second-order valence-electron chi connectivity index (χ2n) is 18.9. The molecule has 7 rings (SSSR count). The number of hydrogen-bond donors (Lipinski definition) is 2. The fourth-order valence-electron chi connectivity index (χ4n) is 9.50. The Kier molecular flexibility index (Phi) is 19.5. The van der Waals surface area contributed by atoms with Crippen molar-refractivity contribution in [3.05, 3.63) is 161 Å². The van der Waals surface area contributed by atoms with Gasteiger partial charge in [0, 0.05) is 48.4 Å². The van der Waals surface area contributed by atoms with Crippen LogP contribution in [-0.2, 0) is 42.5 Å². The van der Waals surface area contributed by atoms with Gasteiger partial charge in [-0.2, -0.15) is 5.26 Å². The van der Waals surface area contributed by atoms with Crippen LogP contribution in [0.2, 0.25) is 0 Å². The Morgan fingerprint density at radius 1 is 0.773 bits per heavy atom. The quantitative estimate of drug-likeness (QED) is 0.0320. The van der Waals surface area contributed by atoms with Crippen molar-refractivity contribution in [2.45, 2.75) is 129 Å². The predicted molar refractivity (Wildman–Crippen MR) is 281 cm³/mol. The van der Waals surface area contributed by atoms with Crippen LogP contribution in [-0.4, -0.2) is 100 Å². The molecule has 8 atom stereocenters. The zero-order valence-electron chi connectivity index (χ0n) is 43.8. The molecule has 2 unspecified atom stereocenters. The second-order valence-corrected chi connectivity index (χ2v) is 22.4. The molecular weight excluding hydrogens is 1010 g/mol. The molecule has 2 N–H and O–H groups in total. The number of methoxy groups -OCH3 is 2. The summed E-state index contributed by atoms with van der Waals surface area (Å²) in [4.78, 5) is 56.4. The maximum Gasteiger partial charge on any atom is 0.331 e. The smallest absolute Gasteiger partial charge is 0.331 e. The van der Waals surface area contributed by atoms with Gasteiger partial charge in [-0.05, 0) is 95.8 Å². The fraction of sp³-hybridized carbons (Fsp3) is 0.491. The normalized spacial score (nSPS) is 21.1. The van der Waals surface area contributed by atoms with Crippen molar-refractivity contribution < 1.29 is 46.3 Å². The number of aromatic nitrogens is 4. The molecule has 5 aromatic rings. The molecule has 0 radical (unpaired) electrons. The van der Waals surface area contributed by atoms with Gasteiger partial charge in [-0.1, -0.05) is 54.6 Å². The topological polar surface area (TPSA) is 237 Å². The van der Waals surface area contributed by atoms with Crippen molar-refractivity contribution in [3.63, 3.8) is 0 Å². The summed E-state index contributed by atoms with van der Waals surface area (Å²) in [6.07, 6.45) is -2.50. The molecule has 0 aliphatic carbocycles. The summed E-state index contributed by atoms with van der Waals surface area (Å²) in [5.41, 5.74) is -0.918. The SMILES string of the molecule is CCOP(=O)(CC[C@H]1O[C@@H](n2cc(C)c(=O)[nH]c2=O)C[C@@H]1OP(OCCC#N)N(C(C)C)C(C)C)O[C@H]1C[C@H](n2cc(C)c(=O)[nH]c2=O)O[C@@H]1COC(c1ccccc1)(c1ccc(OC)cc1)c1ccc(OC)cc1. The van der Waals surface area contributed by atoms with Crippen LogP contribution in [0, 0.1) is 25.2 Å². The number of nitriles is 1. The Hall–Kier alpha value is -5.55. The summed E-state index contributed by atoms with van der Waals surface area (Å²) in [5, 5.41) is 9.39. The van der Waals surface area contributed by atoms with Gasteiger partial charge in [0.15, 0.2) is 0 Å². The molecule has 2 aliphatic heterocycles. The van der Waals surface area contributed by atoms with Crippen molar-refractivity contribution in [2.24, 2.45) is 0 Å². The molecule has 2 aliphatic rings. The summed E-state index contributed by atoms with van der Waals surface area (Å²) < 4.78 is 77.6. The Morgan fingerprint density at radius 3 is 1.77 bits per heavy atom. The van der Waals surface area contributed by atoms with Gasteiger partial charge in [0.05, 0.1) is 71.0 Å². The lowest BCUT2D eigenvalue weighted by molar-refractivity contribution is -0.0926. The molecule has 0 saturated carbocycles. The largest absolute Gasteiger partial charge is 0.497 e. The highest BCUT2D eigenvalue weighted by Crippen LogP contribution is 2.55. The predicted octanol–water partition coefficient (Wildman–Crippen LogP) is 7.97. The number of benzene rings is 3. The third-order valence-electron chi connectivity index (χ3n) is 13.1. The summed E-state index contributed by atoms with van der Waals surface area (Å²) in [5.74, 6) is 1.27. The van der Waals surface area contributed by atoms with Gasteiger partial charge < -0.3 is 41.8 Å². The molecule has 2 saturated heterocycles. The molecule has 404 valence electrons. The van der Waals surface area contributed by atoms with E-state index in [2.05, 4.69) is 20.7 Å². The molecule has 4 heterocycles. The lowest BCUT2D eigenvalue weighted by Gasteiger charge is -2.37. The zero-order chi connectivity index (χ0) is 54.0. The number of nitrogens with one attached hydrogen (secondary N) is 2. The summed E-state index contributed by atoms with van der Waals surface area (Å²) in [6.45, 7) is 12.8. The van der Waals surface area contributed by atoms with Gasteiger partial charge >= 0.3 is 19.0 Å². The maximum absolute atomic E-state index is 15.4. The van der Waals surface area contributed by atoms with E-state index in [1.54, 1.807) is 35.0 Å². The van der Waals surface area contributed by atoms with Crippen LogP contribution in [0.4, 0.5) is 0 Å². The van der Waals surface area contributed by atoms with Crippen LogP contribution in [0.1, 0.15) is 101 Å². The fourth-order valence-corrected chi connectivity index (χ4v) is 13.2. The minimum atomic E-state index is -4.14. The van der Waals surface area contributed by atoms with Crippen LogP contribution >= 0.6 is 16.1 Å². The minimum absolute atomic E-state index is 0.00399. The van der Waals surface area contributed by atoms with Crippen LogP contribution in [0.5, 0.6) is 11.5 Å². The molecule has 0 bridgehead atoms. The Balaban J connectivity index is 1.25. The van der Waals surface area contributed by atoms with Crippen LogP contribution in [0.25, 0.3) is 0 Å². The first-order chi connectivity index (χ1) is 35.9. The average molecular weight is 1080 g/mol. The first-order valence-electron chi connectivity index (χ1n) is 25.0. The van der Waals surface area contributed by atoms with Gasteiger partial charge in [0.1, 0.15) is 35.7 Å². The Bertz CT molecular complexity index is 2960. The number of H-pyrrole nitrogens is 2. The van der Waals surface area contributed by atoms with Gasteiger partial charge in [-0.15, -0.1) is 0 Å². The van der Waals surface area contributed by atoms with Crippen molar-refractivity contribution in [2.75, 3.05) is 40.2 Å². The van der Waals surface area contributed by atoms with E-state index in [0.717, 1.165) is 16.7 Å². The van der Waals surface area contributed by atoms with E-state index in [4.69, 9.17) is 41.8 Å². The van der Waals surface area contributed by atoms with E-state index in [-0.39, 0.29) is 69.3 Å². The molecule has 20 nitrogen and oxygen atoms in total. The lowest BCUT2D eigenvalue weighted by atomic mass is 9.80. The van der Waals surface area contributed by atoms with Crippen LogP contribution < -0.4 is 32.0 Å². The monoisotopic (exact) mass is 1070 g/mol. The molecule has 0 spiro atoms. The lowest BCUT2D eigenvalue weighted by Crippen LogP contribution is -2.38. The molecule has 3 aromatic carbocycles. The Morgan fingerprint density at radius 2 is 1.28 bits per heavy atom. The molecular formula is C53H68N6O14P2. The molecule has 22 heteroatoms. The number of ether oxygens (including phenoxy) is 5. The first kappa shape index (κ1) is 57.2. The first-order valence-corrected chi connectivity index (χ1v) is 27.9. The van der Waals surface area contributed by atoms with Gasteiger partial charge in [-0.25, -0.2) is 14.3 Å². The standard InChI is InChI=1S/C53H68N6O14P2/c1-10-69-75(64,28-25-43-44(29-47(70-43)57-31-36(6)49(60)55-51(57)62)72-74(68-27-14-26-54)59(34(2)3)35(4)5)73-45-30-48(58-32-37(7)50(61)56-52(58)63)71-46(45)33-67-53(38-15-12-11-13-16-38,39-17-21-41(65-8)22-18-39)40-19-23-42(66-9)24-20-40/h11-13,15-24,31-32,34-35,43-48H,10,14,25,27-30,33H2,1-9H3,(H,55,60,62)(H,56,61,63)/t43-,44+,45+,46-,47-,48-,74?,75?/m1/s1. The van der Waals surface area contributed by atoms with Crippen molar-refractivity contribution >= 4 is 16.1 Å². The van der Waals surface area contributed by atoms with Crippen molar-refractivity contribution in [3.8, 4) is 17.6 Å². The van der Waals surface area contributed by atoms with Crippen molar-refractivity contribution in [1.82, 2.24) is 23.8 Å². The van der Waals surface area contributed by atoms with E-state index in [1.807, 2.05) is 107 Å². The number of hydrogen-bond acceptors (Lipinski definition) is 16. The van der Waals surface area contributed by atoms with E-state index in [1.165, 1.54) is 21.5 Å². The van der Waals surface area contributed by atoms with Crippen LogP contribution in [0.3, 0.4) is 0 Å². The number of rotatable bonds is 25.